The van der Waals surface area contributed by atoms with E-state index in [-0.39, 0.29) is 19.3 Å². The van der Waals surface area contributed by atoms with E-state index in [9.17, 15) is 13.6 Å². The van der Waals surface area contributed by atoms with Crippen molar-refractivity contribution in [3.63, 3.8) is 0 Å². The average Bonchev–Trinajstić information content (AvgIpc) is 2.68. The minimum Gasteiger partial charge on any atom is -0.508 e. The van der Waals surface area contributed by atoms with Crippen LogP contribution in [0.2, 0.25) is 0 Å². The Bertz CT molecular complexity index is 867. The Labute approximate surface area is 161 Å². The Morgan fingerprint density at radius 2 is 1.36 bits per heavy atom. The lowest BCUT2D eigenvalue weighted by Gasteiger charge is -2.19. The topological polar surface area (TPSA) is 55.8 Å². The van der Waals surface area contributed by atoms with Gasteiger partial charge in [-0.05, 0) is 11.1 Å². The van der Waals surface area contributed by atoms with Gasteiger partial charge in [-0.2, -0.15) is 0 Å². The number of hydrogen-bond donors (Lipinski definition) is 1. The van der Waals surface area contributed by atoms with Gasteiger partial charge in [-0.15, -0.1) is 0 Å². The molecule has 0 aliphatic rings. The van der Waals surface area contributed by atoms with Crippen LogP contribution in [0, 0.1) is 11.6 Å². The maximum Gasteiger partial charge on any atom is 0.344 e. The number of halogens is 2. The molecule has 1 N–H and O–H groups in total. The van der Waals surface area contributed by atoms with Gasteiger partial charge in [0.15, 0.2) is 0 Å². The zero-order valence-corrected chi connectivity index (χ0v) is 14.8. The second kappa shape index (κ2) is 9.10. The molecule has 0 bridgehead atoms. The highest BCUT2D eigenvalue weighted by atomic mass is 19.1. The highest BCUT2D eigenvalue weighted by Crippen LogP contribution is 2.26. The van der Waals surface area contributed by atoms with E-state index >= 15 is 0 Å². The summed E-state index contributed by atoms with van der Waals surface area (Å²) in [5.74, 6) is -4.14. The molecule has 0 radical (unpaired) electrons. The van der Waals surface area contributed by atoms with Crippen molar-refractivity contribution >= 4 is 5.97 Å². The smallest absolute Gasteiger partial charge is 0.344 e. The normalized spacial score (nSPS) is 10.8. The van der Waals surface area contributed by atoms with Gasteiger partial charge in [-0.25, -0.2) is 13.6 Å². The third-order valence-corrected chi connectivity index (χ3v) is 4.04. The molecule has 0 aromatic heterocycles. The van der Waals surface area contributed by atoms with Crippen LogP contribution in [-0.2, 0) is 9.47 Å². The number of benzene rings is 3. The predicted molar refractivity (Wildman–Crippen MR) is 99.0 cm³/mol. The highest BCUT2D eigenvalue weighted by Gasteiger charge is 2.21. The molecule has 28 heavy (non-hydrogen) atoms. The molecule has 0 saturated carbocycles. The second-order valence-electron chi connectivity index (χ2n) is 5.99. The van der Waals surface area contributed by atoms with Crippen molar-refractivity contribution in [2.75, 3.05) is 13.2 Å². The van der Waals surface area contributed by atoms with Crippen molar-refractivity contribution in [2.45, 2.75) is 6.10 Å². The molecule has 3 aromatic rings. The minimum absolute atomic E-state index is 0.0293. The van der Waals surface area contributed by atoms with Gasteiger partial charge in [0, 0.05) is 12.1 Å². The largest absolute Gasteiger partial charge is 0.508 e. The summed E-state index contributed by atoms with van der Waals surface area (Å²) in [6.45, 7) is -0.156. The Morgan fingerprint density at radius 1 is 0.857 bits per heavy atom. The fourth-order valence-electron chi connectivity index (χ4n) is 2.77. The maximum absolute atomic E-state index is 13.7. The first-order valence-electron chi connectivity index (χ1n) is 8.63. The zero-order chi connectivity index (χ0) is 19.9. The van der Waals surface area contributed by atoms with Gasteiger partial charge in [0.1, 0.15) is 35.7 Å². The fraction of sp³-hybridized carbons (Fsp3) is 0.136. The van der Waals surface area contributed by atoms with Gasteiger partial charge in [-0.1, -0.05) is 60.7 Å². The number of rotatable bonds is 7. The van der Waals surface area contributed by atoms with E-state index in [4.69, 9.17) is 14.6 Å². The van der Waals surface area contributed by atoms with E-state index in [0.29, 0.717) is 12.1 Å². The number of aromatic hydroxyl groups is 1. The standard InChI is InChI=1S/C22H18F2O4/c23-18-13-17(25)14-19(24)20(18)22(26)28-12-11-27-21(15-7-3-1-4-8-15)16-9-5-2-6-10-16/h1-10,13-14,21,25H,11-12H2. The third kappa shape index (κ3) is 4.72. The number of carbonyl (C=O) groups is 1. The molecule has 0 heterocycles. The zero-order valence-electron chi connectivity index (χ0n) is 14.8. The van der Waals surface area contributed by atoms with E-state index in [1.54, 1.807) is 0 Å². The molecule has 0 spiro atoms. The van der Waals surface area contributed by atoms with Gasteiger partial charge in [0.05, 0.1) is 6.61 Å². The first-order chi connectivity index (χ1) is 13.6. The van der Waals surface area contributed by atoms with Crippen molar-refractivity contribution in [1.29, 1.82) is 0 Å². The van der Waals surface area contributed by atoms with Crippen LogP contribution in [0.1, 0.15) is 27.6 Å². The van der Waals surface area contributed by atoms with Crippen molar-refractivity contribution in [3.05, 3.63) is 101 Å². The monoisotopic (exact) mass is 384 g/mol. The molecule has 0 atom stereocenters. The number of carbonyl (C=O) groups excluding carboxylic acids is 1. The molecule has 3 rings (SSSR count). The van der Waals surface area contributed by atoms with Crippen molar-refractivity contribution in [1.82, 2.24) is 0 Å². The summed E-state index contributed by atoms with van der Waals surface area (Å²) < 4.78 is 38.2. The number of ether oxygens (including phenoxy) is 2. The van der Waals surface area contributed by atoms with Gasteiger partial charge in [-0.3, -0.25) is 0 Å². The van der Waals surface area contributed by atoms with Crippen molar-refractivity contribution < 1.29 is 28.2 Å². The lowest BCUT2D eigenvalue weighted by molar-refractivity contribution is 0.0172. The molecule has 0 saturated heterocycles. The summed E-state index contributed by atoms with van der Waals surface area (Å²) in [4.78, 5) is 11.9. The number of esters is 1. The Balaban J connectivity index is 1.63. The van der Waals surface area contributed by atoms with Crippen LogP contribution in [0.4, 0.5) is 8.78 Å². The summed E-state index contributed by atoms with van der Waals surface area (Å²) in [5.41, 5.74) is 1.01. The predicted octanol–water partition coefficient (Wildman–Crippen LogP) is 4.63. The van der Waals surface area contributed by atoms with Gasteiger partial charge < -0.3 is 14.6 Å². The number of hydrogen-bond acceptors (Lipinski definition) is 4. The molecule has 0 aliphatic carbocycles. The Kier molecular flexibility index (Phi) is 6.34. The van der Waals surface area contributed by atoms with Crippen molar-refractivity contribution in [2.24, 2.45) is 0 Å². The van der Waals surface area contributed by atoms with E-state index in [0.717, 1.165) is 11.1 Å². The average molecular weight is 384 g/mol. The maximum atomic E-state index is 13.7. The molecule has 0 unspecified atom stereocenters. The molecule has 6 heteroatoms. The van der Waals surface area contributed by atoms with Crippen LogP contribution in [-0.4, -0.2) is 24.3 Å². The van der Waals surface area contributed by atoms with Crippen LogP contribution in [0.3, 0.4) is 0 Å². The number of phenols is 1. The van der Waals surface area contributed by atoms with Gasteiger partial charge in [0.25, 0.3) is 0 Å². The van der Waals surface area contributed by atoms with E-state index in [1.807, 2.05) is 60.7 Å². The molecular formula is C22H18F2O4. The molecule has 4 nitrogen and oxygen atoms in total. The van der Waals surface area contributed by atoms with Crippen LogP contribution in [0.5, 0.6) is 5.75 Å². The number of phenolic OH excluding ortho intramolecular Hbond substituents is 1. The highest BCUT2D eigenvalue weighted by molar-refractivity contribution is 5.90. The molecule has 144 valence electrons. The first kappa shape index (κ1) is 19.5. The third-order valence-electron chi connectivity index (χ3n) is 4.04. The Morgan fingerprint density at radius 3 is 1.86 bits per heavy atom. The summed E-state index contributed by atoms with van der Waals surface area (Å²) >= 11 is 0. The van der Waals surface area contributed by atoms with Gasteiger partial charge in [0.2, 0.25) is 0 Å². The molecular weight excluding hydrogens is 366 g/mol. The summed E-state index contributed by atoms with van der Waals surface area (Å²) in [5, 5.41) is 9.14. The molecule has 0 fully saturated rings. The molecule has 0 amide bonds. The minimum atomic E-state index is -1.19. The second-order valence-corrected chi connectivity index (χ2v) is 5.99. The van der Waals surface area contributed by atoms with Crippen LogP contribution in [0.25, 0.3) is 0 Å². The Hall–Kier alpha value is -3.25. The summed E-state index contributed by atoms with van der Waals surface area (Å²) in [6, 6.07) is 20.4. The van der Waals surface area contributed by atoms with Crippen molar-refractivity contribution in [3.8, 4) is 5.75 Å². The molecule has 3 aromatic carbocycles. The lowest BCUT2D eigenvalue weighted by atomic mass is 10.0. The van der Waals surface area contributed by atoms with Crippen LogP contribution in [0.15, 0.2) is 72.8 Å². The van der Waals surface area contributed by atoms with Crippen LogP contribution < -0.4 is 0 Å². The summed E-state index contributed by atoms with van der Waals surface area (Å²) in [7, 11) is 0. The van der Waals surface area contributed by atoms with E-state index < -0.39 is 28.9 Å². The fourth-order valence-corrected chi connectivity index (χ4v) is 2.77. The van der Waals surface area contributed by atoms with Gasteiger partial charge >= 0.3 is 5.97 Å². The van der Waals surface area contributed by atoms with E-state index in [2.05, 4.69) is 0 Å². The van der Waals surface area contributed by atoms with E-state index in [1.165, 1.54) is 0 Å². The first-order valence-corrected chi connectivity index (χ1v) is 8.63. The SMILES string of the molecule is O=C(OCCOC(c1ccccc1)c1ccccc1)c1c(F)cc(O)cc1F. The van der Waals surface area contributed by atoms with Crippen LogP contribution >= 0.6 is 0 Å². The molecule has 0 aliphatic heterocycles. The lowest BCUT2D eigenvalue weighted by Crippen LogP contribution is -2.16. The summed E-state index contributed by atoms with van der Waals surface area (Å²) in [6.07, 6.45) is -0.372. The quantitative estimate of drug-likeness (QED) is 0.477.